The predicted molar refractivity (Wildman–Crippen MR) is 77.0 cm³/mol. The molecule has 1 atom stereocenters. The summed E-state index contributed by atoms with van der Waals surface area (Å²) in [4.78, 5) is 23.3. The lowest BCUT2D eigenvalue weighted by atomic mass is 10.2. The van der Waals surface area contributed by atoms with Gasteiger partial charge in [-0.2, -0.15) is 0 Å². The molecule has 0 bridgehead atoms. The maximum atomic E-state index is 11.6. The largest absolute Gasteiger partial charge is 0.497 e. The number of carbonyl (C=O) groups excluding carboxylic acids is 2. The summed E-state index contributed by atoms with van der Waals surface area (Å²) in [5.74, 6) is 0.876. The van der Waals surface area contributed by atoms with Gasteiger partial charge in [0.05, 0.1) is 21.3 Å². The van der Waals surface area contributed by atoms with E-state index in [-0.39, 0.29) is 18.4 Å². The molecule has 0 saturated carbocycles. The number of benzene rings is 1. The van der Waals surface area contributed by atoms with Crippen molar-refractivity contribution in [3.05, 3.63) is 23.8 Å². The van der Waals surface area contributed by atoms with Crippen molar-refractivity contribution in [2.45, 2.75) is 13.5 Å². The van der Waals surface area contributed by atoms with Gasteiger partial charge in [-0.3, -0.25) is 20.4 Å². The summed E-state index contributed by atoms with van der Waals surface area (Å²) in [6, 6.07) is 5.56. The van der Waals surface area contributed by atoms with Gasteiger partial charge in [-0.25, -0.2) is 0 Å². The Balaban J connectivity index is 2.59. The summed E-state index contributed by atoms with van der Waals surface area (Å²) in [5.41, 5.74) is 5.57. The topological polar surface area (TPSA) is 81.1 Å². The van der Waals surface area contributed by atoms with E-state index in [0.717, 1.165) is 22.0 Å². The first-order valence-electron chi connectivity index (χ1n) is 6.54. The number of likely N-dealkylation sites (N-methyl/N-ethyl adjacent to an activating group) is 1. The quantitative estimate of drug-likeness (QED) is 0.581. The lowest BCUT2D eigenvalue weighted by molar-refractivity contribution is -0.885. The number of amides is 2. The molecule has 7 nitrogen and oxygen atoms in total. The number of nitrogens with one attached hydrogen (secondary N) is 3. The average Bonchev–Trinajstić information content (AvgIpc) is 2.45. The summed E-state index contributed by atoms with van der Waals surface area (Å²) in [5, 5.41) is 0. The van der Waals surface area contributed by atoms with Crippen LogP contribution in [-0.2, 0) is 16.1 Å². The highest BCUT2D eigenvalue weighted by Gasteiger charge is 2.14. The van der Waals surface area contributed by atoms with Crippen LogP contribution in [0.1, 0.15) is 12.5 Å². The molecular formula is C14H22N3O4+. The fourth-order valence-electron chi connectivity index (χ4n) is 1.86. The molecule has 7 heteroatoms. The Morgan fingerprint density at radius 2 is 1.90 bits per heavy atom. The first-order chi connectivity index (χ1) is 9.96. The molecule has 1 rings (SSSR count). The normalized spacial score (nSPS) is 11.4. The summed E-state index contributed by atoms with van der Waals surface area (Å²) in [6.45, 7) is 2.18. The van der Waals surface area contributed by atoms with Crippen LogP contribution >= 0.6 is 0 Å². The second-order valence-electron chi connectivity index (χ2n) is 4.72. The molecule has 1 aromatic carbocycles. The molecular weight excluding hydrogens is 274 g/mol. The minimum Gasteiger partial charge on any atom is -0.497 e. The highest BCUT2D eigenvalue weighted by atomic mass is 16.5. The molecule has 2 amide bonds. The van der Waals surface area contributed by atoms with Crippen molar-refractivity contribution in [2.24, 2.45) is 0 Å². The standard InChI is InChI=1S/C14H21N3O4/c1-10(18)15-16-14(19)9-17(2)8-11-5-6-12(20-3)7-13(11)21-4/h5-7H,8-9H2,1-4H3,(H,15,18)(H,16,19)/p+1. The van der Waals surface area contributed by atoms with Crippen LogP contribution in [0, 0.1) is 0 Å². The molecule has 3 N–H and O–H groups in total. The van der Waals surface area contributed by atoms with Gasteiger partial charge in [0.2, 0.25) is 5.91 Å². The molecule has 0 aliphatic rings. The zero-order chi connectivity index (χ0) is 15.8. The van der Waals surface area contributed by atoms with Gasteiger partial charge in [-0.15, -0.1) is 0 Å². The van der Waals surface area contributed by atoms with E-state index in [1.165, 1.54) is 6.92 Å². The van der Waals surface area contributed by atoms with Crippen LogP contribution in [0.3, 0.4) is 0 Å². The van der Waals surface area contributed by atoms with E-state index in [4.69, 9.17) is 9.47 Å². The highest BCUT2D eigenvalue weighted by Crippen LogP contribution is 2.23. The Labute approximate surface area is 124 Å². The molecule has 1 unspecified atom stereocenters. The van der Waals surface area contributed by atoms with Crippen molar-refractivity contribution in [2.75, 3.05) is 27.8 Å². The third-order valence-electron chi connectivity index (χ3n) is 2.83. The molecule has 0 saturated heterocycles. The first kappa shape index (κ1) is 16.8. The highest BCUT2D eigenvalue weighted by molar-refractivity contribution is 5.81. The molecule has 0 aliphatic carbocycles. The van der Waals surface area contributed by atoms with Crippen LogP contribution in [0.4, 0.5) is 0 Å². The molecule has 0 spiro atoms. The Bertz CT molecular complexity index is 505. The molecule has 21 heavy (non-hydrogen) atoms. The van der Waals surface area contributed by atoms with Gasteiger partial charge in [0.1, 0.15) is 18.0 Å². The van der Waals surface area contributed by atoms with E-state index in [1.54, 1.807) is 20.3 Å². The Morgan fingerprint density at radius 3 is 2.48 bits per heavy atom. The number of methoxy groups -OCH3 is 2. The minimum absolute atomic E-state index is 0.232. The maximum Gasteiger partial charge on any atom is 0.293 e. The van der Waals surface area contributed by atoms with E-state index >= 15 is 0 Å². The summed E-state index contributed by atoms with van der Waals surface area (Å²) >= 11 is 0. The lowest BCUT2D eigenvalue weighted by Crippen LogP contribution is -3.09. The summed E-state index contributed by atoms with van der Waals surface area (Å²) in [7, 11) is 5.08. The summed E-state index contributed by atoms with van der Waals surface area (Å²) < 4.78 is 10.5. The zero-order valence-electron chi connectivity index (χ0n) is 12.8. The van der Waals surface area contributed by atoms with E-state index in [1.807, 2.05) is 19.2 Å². The Morgan fingerprint density at radius 1 is 1.19 bits per heavy atom. The minimum atomic E-state index is -0.308. The molecule has 0 aliphatic heterocycles. The van der Waals surface area contributed by atoms with Crippen LogP contribution in [-0.4, -0.2) is 39.6 Å². The zero-order valence-corrected chi connectivity index (χ0v) is 12.8. The number of carbonyl (C=O) groups is 2. The smallest absolute Gasteiger partial charge is 0.293 e. The van der Waals surface area contributed by atoms with Crippen LogP contribution < -0.4 is 25.2 Å². The second kappa shape index (κ2) is 8.11. The third kappa shape index (κ3) is 5.70. The Kier molecular flexibility index (Phi) is 6.48. The number of quaternary nitrogens is 1. The van der Waals surface area contributed by atoms with E-state index < -0.39 is 0 Å². The van der Waals surface area contributed by atoms with Gasteiger partial charge in [0.25, 0.3) is 5.91 Å². The van der Waals surface area contributed by atoms with Crippen LogP contribution in [0.5, 0.6) is 11.5 Å². The number of rotatable bonds is 6. The van der Waals surface area contributed by atoms with Crippen LogP contribution in [0.25, 0.3) is 0 Å². The van der Waals surface area contributed by atoms with Gasteiger partial charge in [0, 0.05) is 18.6 Å². The molecule has 1 aromatic rings. The van der Waals surface area contributed by atoms with Gasteiger partial charge < -0.3 is 14.4 Å². The number of hydrazine groups is 1. The molecule has 0 radical (unpaired) electrons. The van der Waals surface area contributed by atoms with E-state index in [9.17, 15) is 9.59 Å². The molecule has 0 heterocycles. The van der Waals surface area contributed by atoms with Gasteiger partial charge in [-0.05, 0) is 12.1 Å². The van der Waals surface area contributed by atoms with E-state index in [2.05, 4.69) is 10.9 Å². The SMILES string of the molecule is COc1ccc(C[NH+](C)CC(=O)NNC(C)=O)c(OC)c1. The molecule has 0 aromatic heterocycles. The monoisotopic (exact) mass is 296 g/mol. The van der Waals surface area contributed by atoms with Crippen molar-refractivity contribution in [3.8, 4) is 11.5 Å². The van der Waals surface area contributed by atoms with Crippen LogP contribution in [0.2, 0.25) is 0 Å². The van der Waals surface area contributed by atoms with Gasteiger partial charge >= 0.3 is 0 Å². The van der Waals surface area contributed by atoms with Gasteiger partial charge in [0.15, 0.2) is 6.54 Å². The van der Waals surface area contributed by atoms with Gasteiger partial charge in [-0.1, -0.05) is 0 Å². The summed E-state index contributed by atoms with van der Waals surface area (Å²) in [6.07, 6.45) is 0. The molecule has 116 valence electrons. The fraction of sp³-hybridized carbons (Fsp3) is 0.429. The van der Waals surface area contributed by atoms with Crippen LogP contribution in [0.15, 0.2) is 18.2 Å². The molecule has 0 fully saturated rings. The van der Waals surface area contributed by atoms with Crippen molar-refractivity contribution in [3.63, 3.8) is 0 Å². The predicted octanol–water partition coefficient (Wildman–Crippen LogP) is -1.11. The number of hydrogen-bond donors (Lipinski definition) is 3. The number of ether oxygens (including phenoxy) is 2. The third-order valence-corrected chi connectivity index (χ3v) is 2.83. The van der Waals surface area contributed by atoms with Crippen molar-refractivity contribution in [1.29, 1.82) is 0 Å². The Hall–Kier alpha value is -2.28. The van der Waals surface area contributed by atoms with Crippen molar-refractivity contribution in [1.82, 2.24) is 10.9 Å². The maximum absolute atomic E-state index is 11.6. The van der Waals surface area contributed by atoms with E-state index in [0.29, 0.717) is 6.54 Å². The first-order valence-corrected chi connectivity index (χ1v) is 6.54. The number of hydrogen-bond acceptors (Lipinski definition) is 4. The van der Waals surface area contributed by atoms with Crippen molar-refractivity contribution >= 4 is 11.8 Å². The van der Waals surface area contributed by atoms with Crippen molar-refractivity contribution < 1.29 is 24.0 Å². The lowest BCUT2D eigenvalue weighted by Gasteiger charge is -2.16. The fourth-order valence-corrected chi connectivity index (χ4v) is 1.86. The second-order valence-corrected chi connectivity index (χ2v) is 4.72. The average molecular weight is 296 g/mol.